The highest BCUT2D eigenvalue weighted by Gasteiger charge is 2.16. The van der Waals surface area contributed by atoms with Gasteiger partial charge in [-0.1, -0.05) is 35.5 Å². The van der Waals surface area contributed by atoms with Crippen LogP contribution in [0.1, 0.15) is 5.89 Å². The third kappa shape index (κ3) is 3.61. The van der Waals surface area contributed by atoms with Gasteiger partial charge in [-0.05, 0) is 24.3 Å². The third-order valence-corrected chi connectivity index (χ3v) is 4.45. The molecule has 0 amide bonds. The zero-order chi connectivity index (χ0) is 16.3. The van der Waals surface area contributed by atoms with Crippen LogP contribution >= 0.6 is 0 Å². The lowest BCUT2D eigenvalue weighted by Gasteiger charge is -2.04. The second kappa shape index (κ2) is 6.27. The van der Waals surface area contributed by atoms with Crippen molar-refractivity contribution < 1.29 is 17.3 Å². The van der Waals surface area contributed by atoms with E-state index in [4.69, 9.17) is 4.52 Å². The zero-order valence-electron chi connectivity index (χ0n) is 11.8. The van der Waals surface area contributed by atoms with Crippen LogP contribution in [0.15, 0.2) is 64.0 Å². The van der Waals surface area contributed by atoms with E-state index in [0.29, 0.717) is 5.82 Å². The molecule has 23 heavy (non-hydrogen) atoms. The second-order valence-electron chi connectivity index (χ2n) is 4.66. The van der Waals surface area contributed by atoms with Crippen molar-refractivity contribution in [2.75, 3.05) is 0 Å². The van der Waals surface area contributed by atoms with Gasteiger partial charge in [-0.25, -0.2) is 17.5 Å². The molecule has 0 radical (unpaired) electrons. The lowest BCUT2D eigenvalue weighted by molar-refractivity contribution is 0.376. The Bertz CT molecular complexity index is 893. The quantitative estimate of drug-likeness (QED) is 0.775. The fourth-order valence-corrected chi connectivity index (χ4v) is 2.86. The molecular weight excluding hydrogens is 321 g/mol. The lowest BCUT2D eigenvalue weighted by atomic mass is 10.2. The monoisotopic (exact) mass is 333 g/mol. The summed E-state index contributed by atoms with van der Waals surface area (Å²) in [4.78, 5) is 4.09. The maximum atomic E-state index is 12.8. The molecule has 1 N–H and O–H groups in total. The third-order valence-electron chi connectivity index (χ3n) is 3.04. The van der Waals surface area contributed by atoms with E-state index in [-0.39, 0.29) is 17.3 Å². The van der Waals surface area contributed by atoms with Crippen molar-refractivity contribution in [2.45, 2.75) is 11.4 Å². The Morgan fingerprint density at radius 2 is 1.74 bits per heavy atom. The number of rotatable bonds is 5. The van der Waals surface area contributed by atoms with Gasteiger partial charge in [-0.2, -0.15) is 4.98 Å². The summed E-state index contributed by atoms with van der Waals surface area (Å²) in [6.07, 6.45) is 0. The number of aromatic nitrogens is 2. The highest BCUT2D eigenvalue weighted by atomic mass is 32.2. The summed E-state index contributed by atoms with van der Waals surface area (Å²) in [6.45, 7) is -0.153. The molecule has 0 atom stereocenters. The molecule has 0 aliphatic rings. The summed E-state index contributed by atoms with van der Waals surface area (Å²) in [5, 5.41) is 3.80. The van der Waals surface area contributed by atoms with Crippen molar-refractivity contribution in [2.24, 2.45) is 0 Å². The average molecular weight is 333 g/mol. The number of benzene rings is 2. The summed E-state index contributed by atoms with van der Waals surface area (Å²) in [7, 11) is -3.78. The van der Waals surface area contributed by atoms with Gasteiger partial charge in [0.05, 0.1) is 11.4 Å². The van der Waals surface area contributed by atoms with Crippen LogP contribution in [0.3, 0.4) is 0 Å². The Morgan fingerprint density at radius 1 is 1.04 bits per heavy atom. The molecule has 6 nitrogen and oxygen atoms in total. The fraction of sp³-hybridized carbons (Fsp3) is 0.0667. The number of halogens is 1. The van der Waals surface area contributed by atoms with E-state index >= 15 is 0 Å². The van der Waals surface area contributed by atoms with Gasteiger partial charge in [-0.3, -0.25) is 0 Å². The van der Waals surface area contributed by atoms with Crippen molar-refractivity contribution in [1.82, 2.24) is 14.9 Å². The molecule has 0 saturated heterocycles. The lowest BCUT2D eigenvalue weighted by Crippen LogP contribution is -2.23. The molecule has 0 aliphatic heterocycles. The van der Waals surface area contributed by atoms with Crippen molar-refractivity contribution in [3.05, 3.63) is 66.3 Å². The average Bonchev–Trinajstić information content (AvgIpc) is 3.03. The van der Waals surface area contributed by atoms with E-state index in [0.717, 1.165) is 17.7 Å². The molecule has 8 heteroatoms. The molecule has 0 unspecified atom stereocenters. The zero-order valence-corrected chi connectivity index (χ0v) is 12.6. The number of nitrogens with one attached hydrogen (secondary N) is 1. The number of hydrogen-bond acceptors (Lipinski definition) is 5. The smallest absolute Gasteiger partial charge is 0.242 e. The molecule has 0 fully saturated rings. The number of hydrogen-bond donors (Lipinski definition) is 1. The van der Waals surface area contributed by atoms with E-state index in [2.05, 4.69) is 14.9 Å². The van der Waals surface area contributed by atoms with Gasteiger partial charge in [0.1, 0.15) is 5.82 Å². The SMILES string of the molecule is O=S(=O)(NCc1nc(-c2ccccc2)no1)c1ccc(F)cc1. The predicted molar refractivity (Wildman–Crippen MR) is 80.2 cm³/mol. The van der Waals surface area contributed by atoms with Crippen molar-refractivity contribution in [3.8, 4) is 11.4 Å². The first-order valence-electron chi connectivity index (χ1n) is 6.68. The Labute approximate surface area is 132 Å². The normalized spacial score (nSPS) is 11.5. The summed E-state index contributed by atoms with van der Waals surface area (Å²) < 4.78 is 44.3. The summed E-state index contributed by atoms with van der Waals surface area (Å²) >= 11 is 0. The van der Waals surface area contributed by atoms with Crippen LogP contribution in [-0.4, -0.2) is 18.6 Å². The first-order chi connectivity index (χ1) is 11.0. The summed E-state index contributed by atoms with van der Waals surface area (Å²) in [5.74, 6) is 0.00414. The first kappa shape index (κ1) is 15.3. The highest BCUT2D eigenvalue weighted by Crippen LogP contribution is 2.15. The molecule has 0 aliphatic carbocycles. The van der Waals surface area contributed by atoms with Gasteiger partial charge in [0.25, 0.3) is 0 Å². The number of sulfonamides is 1. The van der Waals surface area contributed by atoms with Gasteiger partial charge in [0.15, 0.2) is 0 Å². The molecule has 0 spiro atoms. The largest absolute Gasteiger partial charge is 0.338 e. The van der Waals surface area contributed by atoms with Gasteiger partial charge in [0, 0.05) is 5.56 Å². The van der Waals surface area contributed by atoms with Crippen LogP contribution < -0.4 is 4.72 Å². The van der Waals surface area contributed by atoms with E-state index < -0.39 is 15.8 Å². The molecule has 0 saturated carbocycles. The Hall–Kier alpha value is -2.58. The summed E-state index contributed by atoms with van der Waals surface area (Å²) in [5.41, 5.74) is 0.767. The summed E-state index contributed by atoms with van der Waals surface area (Å²) in [6, 6.07) is 13.7. The molecule has 2 aromatic carbocycles. The molecule has 1 aromatic heterocycles. The van der Waals surface area contributed by atoms with E-state index in [1.807, 2.05) is 30.3 Å². The van der Waals surface area contributed by atoms with Crippen molar-refractivity contribution >= 4 is 10.0 Å². The van der Waals surface area contributed by atoms with Crippen LogP contribution in [0.5, 0.6) is 0 Å². The minimum Gasteiger partial charge on any atom is -0.338 e. The minimum absolute atomic E-state index is 0.0401. The first-order valence-corrected chi connectivity index (χ1v) is 8.16. The van der Waals surface area contributed by atoms with Crippen molar-refractivity contribution in [1.29, 1.82) is 0 Å². The van der Waals surface area contributed by atoms with Crippen molar-refractivity contribution in [3.63, 3.8) is 0 Å². The molecule has 118 valence electrons. The van der Waals surface area contributed by atoms with E-state index in [1.54, 1.807) is 0 Å². The van der Waals surface area contributed by atoms with Gasteiger partial charge >= 0.3 is 0 Å². The molecular formula is C15H12FN3O3S. The fourth-order valence-electron chi connectivity index (χ4n) is 1.88. The van der Waals surface area contributed by atoms with Gasteiger partial charge in [-0.15, -0.1) is 0 Å². The van der Waals surface area contributed by atoms with Gasteiger partial charge in [0.2, 0.25) is 21.7 Å². The van der Waals surface area contributed by atoms with Crippen LogP contribution in [0.2, 0.25) is 0 Å². The second-order valence-corrected chi connectivity index (χ2v) is 6.42. The number of nitrogens with zero attached hydrogens (tertiary/aromatic N) is 2. The molecule has 1 heterocycles. The highest BCUT2D eigenvalue weighted by molar-refractivity contribution is 7.89. The molecule has 3 rings (SSSR count). The Morgan fingerprint density at radius 3 is 2.43 bits per heavy atom. The van der Waals surface area contributed by atoms with E-state index in [1.165, 1.54) is 12.1 Å². The molecule has 0 bridgehead atoms. The van der Waals surface area contributed by atoms with Crippen LogP contribution in [0.25, 0.3) is 11.4 Å². The van der Waals surface area contributed by atoms with Crippen LogP contribution in [-0.2, 0) is 16.6 Å². The Balaban J connectivity index is 1.71. The topological polar surface area (TPSA) is 85.1 Å². The van der Waals surface area contributed by atoms with Gasteiger partial charge < -0.3 is 4.52 Å². The molecule has 3 aromatic rings. The van der Waals surface area contributed by atoms with Crippen LogP contribution in [0, 0.1) is 5.82 Å². The Kier molecular flexibility index (Phi) is 4.18. The maximum Gasteiger partial charge on any atom is 0.242 e. The maximum absolute atomic E-state index is 12.8. The van der Waals surface area contributed by atoms with E-state index in [9.17, 15) is 12.8 Å². The minimum atomic E-state index is -3.78. The standard InChI is InChI=1S/C15H12FN3O3S/c16-12-6-8-13(9-7-12)23(20,21)17-10-14-18-15(19-22-14)11-4-2-1-3-5-11/h1-9,17H,10H2. The van der Waals surface area contributed by atoms with Crippen LogP contribution in [0.4, 0.5) is 4.39 Å². The predicted octanol–water partition coefficient (Wildman–Crippen LogP) is 2.35.